The van der Waals surface area contributed by atoms with Crippen LogP contribution in [0.2, 0.25) is 0 Å². The Bertz CT molecular complexity index is 720. The Kier molecular flexibility index (Phi) is 4.97. The fourth-order valence-electron chi connectivity index (χ4n) is 2.53. The third-order valence-electron chi connectivity index (χ3n) is 3.75. The summed E-state index contributed by atoms with van der Waals surface area (Å²) in [5.41, 5.74) is 5.55. The van der Waals surface area contributed by atoms with E-state index in [-0.39, 0.29) is 11.1 Å². The molecule has 126 valence electrons. The van der Waals surface area contributed by atoms with E-state index in [2.05, 4.69) is 15.0 Å². The van der Waals surface area contributed by atoms with Crippen LogP contribution in [0.1, 0.15) is 12.6 Å². The lowest BCUT2D eigenvalue weighted by Gasteiger charge is -2.16. The zero-order valence-electron chi connectivity index (χ0n) is 12.3. The smallest absolute Gasteiger partial charge is 0.278 e. The van der Waals surface area contributed by atoms with Crippen LogP contribution in [0.5, 0.6) is 0 Å². The molecule has 1 saturated heterocycles. The van der Waals surface area contributed by atoms with Crippen LogP contribution in [-0.4, -0.2) is 66.1 Å². The SMILES string of the molecule is NCCCSC[C@H]1O[C@@H](n2cnc3c(=O)[nH]cnc32)[C@H](O)[C@@H]1O. The summed E-state index contributed by atoms with van der Waals surface area (Å²) in [6, 6.07) is 0. The number of fused-ring (bicyclic) bond motifs is 1. The van der Waals surface area contributed by atoms with Crippen molar-refractivity contribution in [1.82, 2.24) is 19.5 Å². The first-order valence-corrected chi connectivity index (χ1v) is 8.48. The quantitative estimate of drug-likeness (QED) is 0.482. The molecule has 1 aliphatic rings. The lowest BCUT2D eigenvalue weighted by Crippen LogP contribution is -2.32. The molecule has 2 aromatic rings. The van der Waals surface area contributed by atoms with Crippen molar-refractivity contribution in [2.75, 3.05) is 18.1 Å². The molecule has 0 aromatic carbocycles. The van der Waals surface area contributed by atoms with Crippen LogP contribution < -0.4 is 11.3 Å². The minimum atomic E-state index is -1.12. The van der Waals surface area contributed by atoms with Gasteiger partial charge in [-0.25, -0.2) is 9.97 Å². The zero-order chi connectivity index (χ0) is 16.4. The monoisotopic (exact) mass is 341 g/mol. The number of nitrogens with one attached hydrogen (secondary N) is 1. The number of hydrogen-bond acceptors (Lipinski definition) is 8. The van der Waals surface area contributed by atoms with Gasteiger partial charge in [0.25, 0.3) is 5.56 Å². The number of H-pyrrole nitrogens is 1. The first-order valence-electron chi connectivity index (χ1n) is 7.33. The minimum Gasteiger partial charge on any atom is -0.387 e. The number of nitrogens with zero attached hydrogens (tertiary/aromatic N) is 3. The molecular formula is C13H19N5O4S. The highest BCUT2D eigenvalue weighted by molar-refractivity contribution is 7.99. The minimum absolute atomic E-state index is 0.165. The zero-order valence-corrected chi connectivity index (χ0v) is 13.1. The second-order valence-corrected chi connectivity index (χ2v) is 6.47. The third-order valence-corrected chi connectivity index (χ3v) is 4.89. The summed E-state index contributed by atoms with van der Waals surface area (Å²) in [5, 5.41) is 20.4. The van der Waals surface area contributed by atoms with E-state index < -0.39 is 24.5 Å². The summed E-state index contributed by atoms with van der Waals surface area (Å²) in [6.07, 6.45) is 0.0799. The highest BCUT2D eigenvalue weighted by atomic mass is 32.2. The van der Waals surface area contributed by atoms with E-state index in [9.17, 15) is 15.0 Å². The summed E-state index contributed by atoms with van der Waals surface area (Å²) in [7, 11) is 0. The van der Waals surface area contributed by atoms with Gasteiger partial charge >= 0.3 is 0 Å². The molecule has 0 unspecified atom stereocenters. The van der Waals surface area contributed by atoms with Gasteiger partial charge in [-0.1, -0.05) is 0 Å². The number of rotatable bonds is 6. The number of imidazole rings is 1. The van der Waals surface area contributed by atoms with E-state index in [1.807, 2.05) is 0 Å². The Morgan fingerprint density at radius 1 is 1.39 bits per heavy atom. The molecule has 1 aliphatic heterocycles. The number of nitrogens with two attached hydrogens (primary N) is 1. The van der Waals surface area contributed by atoms with Gasteiger partial charge in [0, 0.05) is 5.75 Å². The van der Waals surface area contributed by atoms with Gasteiger partial charge in [0.2, 0.25) is 0 Å². The number of thioether (sulfide) groups is 1. The maximum absolute atomic E-state index is 11.7. The van der Waals surface area contributed by atoms with E-state index in [1.165, 1.54) is 17.2 Å². The first-order chi connectivity index (χ1) is 11.1. The van der Waals surface area contributed by atoms with Crippen molar-refractivity contribution in [3.05, 3.63) is 23.0 Å². The highest BCUT2D eigenvalue weighted by Crippen LogP contribution is 2.32. The molecular weight excluding hydrogens is 322 g/mol. The van der Waals surface area contributed by atoms with E-state index in [4.69, 9.17) is 10.5 Å². The second kappa shape index (κ2) is 6.97. The number of aliphatic hydroxyl groups excluding tert-OH is 2. The lowest BCUT2D eigenvalue weighted by molar-refractivity contribution is -0.0289. The Balaban J connectivity index is 1.77. The predicted octanol–water partition coefficient (Wildman–Crippen LogP) is -1.18. The summed E-state index contributed by atoms with van der Waals surface area (Å²) in [5.74, 6) is 1.42. The molecule has 0 radical (unpaired) electrons. The van der Waals surface area contributed by atoms with Crippen molar-refractivity contribution in [1.29, 1.82) is 0 Å². The second-order valence-electron chi connectivity index (χ2n) is 5.32. The Morgan fingerprint density at radius 2 is 2.22 bits per heavy atom. The fraction of sp³-hybridized carbons (Fsp3) is 0.615. The van der Waals surface area contributed by atoms with Crippen molar-refractivity contribution >= 4 is 22.9 Å². The molecule has 3 heterocycles. The molecule has 23 heavy (non-hydrogen) atoms. The van der Waals surface area contributed by atoms with E-state index in [0.29, 0.717) is 17.9 Å². The highest BCUT2D eigenvalue weighted by Gasteiger charge is 2.44. The lowest BCUT2D eigenvalue weighted by atomic mass is 10.1. The van der Waals surface area contributed by atoms with Crippen LogP contribution in [0, 0.1) is 0 Å². The number of hydrogen-bond donors (Lipinski definition) is 4. The molecule has 0 bridgehead atoms. The Labute approximate surface area is 135 Å². The van der Waals surface area contributed by atoms with Crippen molar-refractivity contribution in [2.45, 2.75) is 31.0 Å². The first kappa shape index (κ1) is 16.4. The normalized spacial score (nSPS) is 27.8. The van der Waals surface area contributed by atoms with Gasteiger partial charge in [-0.3, -0.25) is 9.36 Å². The average Bonchev–Trinajstić information content (AvgIpc) is 3.09. The largest absolute Gasteiger partial charge is 0.387 e. The number of ether oxygens (including phenoxy) is 1. The van der Waals surface area contributed by atoms with Gasteiger partial charge < -0.3 is 25.7 Å². The molecule has 0 saturated carbocycles. The van der Waals surface area contributed by atoms with Crippen LogP contribution in [-0.2, 0) is 4.74 Å². The maximum Gasteiger partial charge on any atom is 0.278 e. The molecule has 10 heteroatoms. The van der Waals surface area contributed by atoms with Crippen LogP contribution >= 0.6 is 11.8 Å². The summed E-state index contributed by atoms with van der Waals surface area (Å²) >= 11 is 1.61. The molecule has 3 rings (SSSR count). The molecule has 9 nitrogen and oxygen atoms in total. The van der Waals surface area contributed by atoms with Gasteiger partial charge in [0.05, 0.1) is 18.8 Å². The van der Waals surface area contributed by atoms with E-state index >= 15 is 0 Å². The van der Waals surface area contributed by atoms with Crippen molar-refractivity contribution in [3.63, 3.8) is 0 Å². The van der Waals surface area contributed by atoms with Gasteiger partial charge in [-0.2, -0.15) is 11.8 Å². The molecule has 2 aromatic heterocycles. The average molecular weight is 341 g/mol. The van der Waals surface area contributed by atoms with Crippen LogP contribution in [0.4, 0.5) is 0 Å². The maximum atomic E-state index is 11.7. The van der Waals surface area contributed by atoms with Gasteiger partial charge in [0.1, 0.15) is 12.2 Å². The van der Waals surface area contributed by atoms with Crippen molar-refractivity contribution < 1.29 is 14.9 Å². The molecule has 0 amide bonds. The fourth-order valence-corrected chi connectivity index (χ4v) is 3.58. The van der Waals surface area contributed by atoms with E-state index in [1.54, 1.807) is 11.8 Å². The van der Waals surface area contributed by atoms with Crippen LogP contribution in [0.3, 0.4) is 0 Å². The predicted molar refractivity (Wildman–Crippen MR) is 85.1 cm³/mol. The molecule has 0 aliphatic carbocycles. The molecule has 0 spiro atoms. The van der Waals surface area contributed by atoms with Crippen molar-refractivity contribution in [2.24, 2.45) is 5.73 Å². The molecule has 1 fully saturated rings. The van der Waals surface area contributed by atoms with Gasteiger partial charge in [-0.15, -0.1) is 0 Å². The van der Waals surface area contributed by atoms with Gasteiger partial charge in [-0.05, 0) is 18.7 Å². The molecule has 5 N–H and O–H groups in total. The Morgan fingerprint density at radius 3 is 3.00 bits per heavy atom. The van der Waals surface area contributed by atoms with Crippen molar-refractivity contribution in [3.8, 4) is 0 Å². The summed E-state index contributed by atoms with van der Waals surface area (Å²) in [6.45, 7) is 0.619. The molecule has 4 atom stereocenters. The topological polar surface area (TPSA) is 139 Å². The number of aliphatic hydroxyl groups is 2. The van der Waals surface area contributed by atoms with Crippen LogP contribution in [0.25, 0.3) is 11.2 Å². The van der Waals surface area contributed by atoms with Crippen LogP contribution in [0.15, 0.2) is 17.4 Å². The van der Waals surface area contributed by atoms with E-state index in [0.717, 1.165) is 12.2 Å². The number of aromatic nitrogens is 4. The summed E-state index contributed by atoms with van der Waals surface area (Å²) < 4.78 is 7.25. The third kappa shape index (κ3) is 3.12. The standard InChI is InChI=1S/C13H19N5O4S/c14-2-1-3-23-4-7-9(19)10(20)13(22-7)18-6-17-8-11(18)15-5-16-12(8)21/h5-7,9-10,13,19-20H,1-4,14H2,(H,15,16,21)/t7-,9-,10-,13-/m1/s1. The number of aromatic amines is 1. The summed E-state index contributed by atoms with van der Waals surface area (Å²) in [4.78, 5) is 22.2. The van der Waals surface area contributed by atoms with Gasteiger partial charge in [0.15, 0.2) is 17.4 Å². The Hall–Kier alpha value is -1.46.